The molecule has 28 heavy (non-hydrogen) atoms. The van der Waals surface area contributed by atoms with Gasteiger partial charge in [-0.1, -0.05) is 42.5 Å². The van der Waals surface area contributed by atoms with E-state index in [0.717, 1.165) is 45.1 Å². The van der Waals surface area contributed by atoms with Crippen molar-refractivity contribution in [1.82, 2.24) is 15.4 Å². The Hall–Kier alpha value is -3.73. The molecule has 4 rings (SSSR count). The third-order valence-corrected chi connectivity index (χ3v) is 4.55. The Balaban J connectivity index is 1.94. The molecule has 0 saturated heterocycles. The van der Waals surface area contributed by atoms with Crippen molar-refractivity contribution < 1.29 is 9.47 Å². The molecule has 4 aromatic rings. The molecule has 5 heteroatoms. The minimum Gasteiger partial charge on any atom is -0.497 e. The van der Waals surface area contributed by atoms with Crippen molar-refractivity contribution in [1.29, 1.82) is 0 Å². The molecule has 5 nitrogen and oxygen atoms in total. The Bertz CT molecular complexity index is 1060. The van der Waals surface area contributed by atoms with E-state index in [4.69, 9.17) is 9.47 Å². The zero-order valence-corrected chi connectivity index (χ0v) is 15.7. The van der Waals surface area contributed by atoms with E-state index in [-0.39, 0.29) is 0 Å². The maximum atomic E-state index is 5.30. The highest BCUT2D eigenvalue weighted by atomic mass is 16.5. The molecule has 0 amide bonds. The van der Waals surface area contributed by atoms with Gasteiger partial charge in [0.2, 0.25) is 0 Å². The first-order valence-electron chi connectivity index (χ1n) is 8.88. The molecule has 0 aliphatic heterocycles. The maximum Gasteiger partial charge on any atom is 0.118 e. The Morgan fingerprint density at radius 2 is 1.00 bits per heavy atom. The average molecular weight is 369 g/mol. The summed E-state index contributed by atoms with van der Waals surface area (Å²) in [6, 6.07) is 25.7. The van der Waals surface area contributed by atoms with Gasteiger partial charge in [-0.05, 0) is 47.2 Å². The molecule has 1 aromatic heterocycles. The minimum atomic E-state index is 0.765. The summed E-state index contributed by atoms with van der Waals surface area (Å²) in [5.41, 5.74) is 5.40. The number of methoxy groups -OCH3 is 2. The number of aromatic nitrogens is 3. The molecule has 0 spiro atoms. The molecule has 0 aliphatic carbocycles. The van der Waals surface area contributed by atoms with Gasteiger partial charge in [0, 0.05) is 16.7 Å². The van der Waals surface area contributed by atoms with Crippen molar-refractivity contribution in [2.24, 2.45) is 0 Å². The number of benzene rings is 3. The summed E-state index contributed by atoms with van der Waals surface area (Å²) >= 11 is 0. The number of hydrogen-bond donors (Lipinski definition) is 0. The van der Waals surface area contributed by atoms with Crippen molar-refractivity contribution in [3.8, 4) is 45.1 Å². The lowest BCUT2D eigenvalue weighted by molar-refractivity contribution is 0.414. The van der Waals surface area contributed by atoms with Crippen molar-refractivity contribution in [3.63, 3.8) is 0 Å². The lowest BCUT2D eigenvalue weighted by atomic mass is 9.95. The van der Waals surface area contributed by atoms with E-state index in [1.165, 1.54) is 0 Å². The fraction of sp³-hybridized carbons (Fsp3) is 0.0870. The van der Waals surface area contributed by atoms with Crippen molar-refractivity contribution >= 4 is 0 Å². The van der Waals surface area contributed by atoms with Crippen LogP contribution in [0.25, 0.3) is 33.6 Å². The minimum absolute atomic E-state index is 0.765. The third-order valence-electron chi connectivity index (χ3n) is 4.55. The first-order chi connectivity index (χ1) is 13.8. The standard InChI is InChI=1S/C23H19N3O2/c1-27-19-12-8-16(9-13-19)21-22(17-6-4-3-5-7-17)24-26-25-23(21)18-10-14-20(28-2)15-11-18/h3-15H,1-2H3. The van der Waals surface area contributed by atoms with E-state index >= 15 is 0 Å². The quantitative estimate of drug-likeness (QED) is 0.501. The van der Waals surface area contributed by atoms with E-state index in [0.29, 0.717) is 0 Å². The summed E-state index contributed by atoms with van der Waals surface area (Å²) in [6.45, 7) is 0. The van der Waals surface area contributed by atoms with Crippen molar-refractivity contribution in [2.75, 3.05) is 14.2 Å². The van der Waals surface area contributed by atoms with Gasteiger partial charge in [0.1, 0.15) is 22.9 Å². The van der Waals surface area contributed by atoms with E-state index in [9.17, 15) is 0 Å². The Morgan fingerprint density at radius 1 is 0.536 bits per heavy atom. The van der Waals surface area contributed by atoms with Crippen LogP contribution in [0.2, 0.25) is 0 Å². The number of nitrogens with zero attached hydrogens (tertiary/aromatic N) is 3. The summed E-state index contributed by atoms with van der Waals surface area (Å²) in [7, 11) is 3.31. The summed E-state index contributed by atoms with van der Waals surface area (Å²) in [5, 5.41) is 12.8. The predicted molar refractivity (Wildman–Crippen MR) is 109 cm³/mol. The molecule has 0 unspecified atom stereocenters. The molecular weight excluding hydrogens is 350 g/mol. The van der Waals surface area contributed by atoms with Gasteiger partial charge in [-0.2, -0.15) is 0 Å². The molecule has 0 fully saturated rings. The van der Waals surface area contributed by atoms with Crippen molar-refractivity contribution in [3.05, 3.63) is 78.9 Å². The lowest BCUT2D eigenvalue weighted by Gasteiger charge is -2.13. The van der Waals surface area contributed by atoms with E-state index in [1.54, 1.807) is 14.2 Å². The fourth-order valence-electron chi connectivity index (χ4n) is 3.10. The topological polar surface area (TPSA) is 57.1 Å². The van der Waals surface area contributed by atoms with Gasteiger partial charge < -0.3 is 9.47 Å². The van der Waals surface area contributed by atoms with Crippen LogP contribution in [0.3, 0.4) is 0 Å². The smallest absolute Gasteiger partial charge is 0.118 e. The number of ether oxygens (including phenoxy) is 2. The molecule has 138 valence electrons. The second kappa shape index (κ2) is 7.88. The zero-order valence-electron chi connectivity index (χ0n) is 15.7. The summed E-state index contributed by atoms with van der Waals surface area (Å²) in [6.07, 6.45) is 0. The Kier molecular flexibility index (Phi) is 4.97. The van der Waals surface area contributed by atoms with Crippen LogP contribution >= 0.6 is 0 Å². The highest BCUT2D eigenvalue weighted by Crippen LogP contribution is 2.37. The van der Waals surface area contributed by atoms with Crippen LogP contribution in [0.4, 0.5) is 0 Å². The number of hydrogen-bond acceptors (Lipinski definition) is 5. The molecule has 0 radical (unpaired) electrons. The van der Waals surface area contributed by atoms with Gasteiger partial charge in [-0.25, -0.2) is 0 Å². The normalized spacial score (nSPS) is 10.5. The highest BCUT2D eigenvalue weighted by molar-refractivity contribution is 5.90. The molecule has 1 heterocycles. The first-order valence-corrected chi connectivity index (χ1v) is 8.88. The van der Waals surface area contributed by atoms with Gasteiger partial charge in [0.05, 0.1) is 14.2 Å². The van der Waals surface area contributed by atoms with Gasteiger partial charge in [-0.3, -0.25) is 0 Å². The Labute approximate surface area is 163 Å². The molecule has 0 bridgehead atoms. The van der Waals surface area contributed by atoms with Crippen LogP contribution < -0.4 is 9.47 Å². The van der Waals surface area contributed by atoms with Crippen LogP contribution in [0.15, 0.2) is 78.9 Å². The van der Waals surface area contributed by atoms with Crippen molar-refractivity contribution in [2.45, 2.75) is 0 Å². The SMILES string of the molecule is COc1ccc(-c2nnnc(-c3ccccc3)c2-c2ccc(OC)cc2)cc1. The van der Waals surface area contributed by atoms with Crippen LogP contribution in [-0.2, 0) is 0 Å². The molecular formula is C23H19N3O2. The van der Waals surface area contributed by atoms with E-state index < -0.39 is 0 Å². The molecule has 0 aliphatic rings. The Morgan fingerprint density at radius 3 is 1.50 bits per heavy atom. The van der Waals surface area contributed by atoms with Gasteiger partial charge >= 0.3 is 0 Å². The second-order valence-corrected chi connectivity index (χ2v) is 6.18. The molecule has 0 saturated carbocycles. The van der Waals surface area contributed by atoms with Crippen LogP contribution in [0, 0.1) is 0 Å². The summed E-state index contributed by atoms with van der Waals surface area (Å²) in [4.78, 5) is 0. The predicted octanol–water partition coefficient (Wildman–Crippen LogP) is 4.89. The van der Waals surface area contributed by atoms with Gasteiger partial charge in [0.15, 0.2) is 0 Å². The monoisotopic (exact) mass is 369 g/mol. The van der Waals surface area contributed by atoms with E-state index in [2.05, 4.69) is 15.4 Å². The van der Waals surface area contributed by atoms with Crippen LogP contribution in [-0.4, -0.2) is 29.6 Å². The molecule has 0 atom stereocenters. The maximum absolute atomic E-state index is 5.30. The largest absolute Gasteiger partial charge is 0.497 e. The van der Waals surface area contributed by atoms with Gasteiger partial charge in [0.25, 0.3) is 0 Å². The lowest BCUT2D eigenvalue weighted by Crippen LogP contribution is -2.00. The van der Waals surface area contributed by atoms with Gasteiger partial charge in [-0.15, -0.1) is 10.2 Å². The second-order valence-electron chi connectivity index (χ2n) is 6.18. The van der Waals surface area contributed by atoms with Crippen LogP contribution in [0.1, 0.15) is 0 Å². The number of rotatable bonds is 5. The highest BCUT2D eigenvalue weighted by Gasteiger charge is 2.18. The first kappa shape index (κ1) is 17.7. The molecule has 3 aromatic carbocycles. The summed E-state index contributed by atoms with van der Waals surface area (Å²) in [5.74, 6) is 1.59. The fourth-order valence-corrected chi connectivity index (χ4v) is 3.10. The zero-order chi connectivity index (χ0) is 19.3. The molecule has 0 N–H and O–H groups in total. The van der Waals surface area contributed by atoms with E-state index in [1.807, 2.05) is 78.9 Å². The summed E-state index contributed by atoms with van der Waals surface area (Å²) < 4.78 is 10.6. The third kappa shape index (κ3) is 3.42. The average Bonchev–Trinajstić information content (AvgIpc) is 2.79. The van der Waals surface area contributed by atoms with Crippen LogP contribution in [0.5, 0.6) is 11.5 Å².